The van der Waals surface area contributed by atoms with Gasteiger partial charge in [-0.1, -0.05) is 26.0 Å². The van der Waals surface area contributed by atoms with E-state index in [0.717, 1.165) is 16.5 Å². The van der Waals surface area contributed by atoms with Crippen LogP contribution in [0.5, 0.6) is 0 Å². The summed E-state index contributed by atoms with van der Waals surface area (Å²) in [7, 11) is 0. The molecular weight excluding hydrogens is 236 g/mol. The van der Waals surface area contributed by atoms with Crippen LogP contribution in [0.4, 0.5) is 0 Å². The number of H-pyrrole nitrogens is 1. The van der Waals surface area contributed by atoms with Gasteiger partial charge in [0.2, 0.25) is 0 Å². The molecule has 0 aliphatic heterocycles. The van der Waals surface area contributed by atoms with E-state index in [1.165, 1.54) is 0 Å². The molecule has 2 aromatic rings. The molecule has 4 heteroatoms. The largest absolute Gasteiger partial charge is 0.391 e. The Balaban J connectivity index is 0.00000144. The first-order valence-electron chi connectivity index (χ1n) is 5.61. The molecule has 94 valence electrons. The van der Waals surface area contributed by atoms with E-state index < -0.39 is 6.10 Å². The van der Waals surface area contributed by atoms with E-state index in [-0.39, 0.29) is 24.4 Å². The number of hydrogen-bond acceptors (Lipinski definition) is 2. The summed E-state index contributed by atoms with van der Waals surface area (Å²) in [5.41, 5.74) is 8.16. The van der Waals surface area contributed by atoms with Crippen molar-refractivity contribution in [1.29, 1.82) is 0 Å². The molecule has 2 rings (SSSR count). The molecule has 0 aliphatic carbocycles. The monoisotopic (exact) mass is 254 g/mol. The van der Waals surface area contributed by atoms with Crippen LogP contribution in [0.2, 0.25) is 0 Å². The van der Waals surface area contributed by atoms with Gasteiger partial charge >= 0.3 is 0 Å². The lowest BCUT2D eigenvalue weighted by atomic mass is 9.92. The van der Waals surface area contributed by atoms with Gasteiger partial charge in [-0.25, -0.2) is 0 Å². The molecule has 0 amide bonds. The van der Waals surface area contributed by atoms with E-state index in [9.17, 15) is 5.11 Å². The van der Waals surface area contributed by atoms with Gasteiger partial charge in [-0.15, -0.1) is 12.4 Å². The topological polar surface area (TPSA) is 62.0 Å². The van der Waals surface area contributed by atoms with Crippen LogP contribution in [0.3, 0.4) is 0 Å². The number of aromatic nitrogens is 1. The molecular formula is C13H19ClN2O. The summed E-state index contributed by atoms with van der Waals surface area (Å²) in [4.78, 5) is 3.15. The second kappa shape index (κ2) is 5.54. The third-order valence-electron chi connectivity index (χ3n) is 3.04. The number of fused-ring (bicyclic) bond motifs is 1. The maximum absolute atomic E-state index is 10.0. The van der Waals surface area contributed by atoms with Gasteiger partial charge in [0.1, 0.15) is 0 Å². The fraction of sp³-hybridized carbons (Fsp3) is 0.385. The summed E-state index contributed by atoms with van der Waals surface area (Å²) in [5, 5.41) is 11.1. The van der Waals surface area contributed by atoms with Gasteiger partial charge in [-0.2, -0.15) is 0 Å². The highest BCUT2D eigenvalue weighted by atomic mass is 35.5. The average molecular weight is 255 g/mol. The summed E-state index contributed by atoms with van der Waals surface area (Å²) in [6, 6.07) is 7.61. The Morgan fingerprint density at radius 3 is 2.59 bits per heavy atom. The van der Waals surface area contributed by atoms with Crippen molar-refractivity contribution in [1.82, 2.24) is 4.98 Å². The van der Waals surface area contributed by atoms with Crippen LogP contribution < -0.4 is 5.73 Å². The Morgan fingerprint density at radius 2 is 1.94 bits per heavy atom. The molecule has 0 radical (unpaired) electrons. The third-order valence-corrected chi connectivity index (χ3v) is 3.04. The summed E-state index contributed by atoms with van der Waals surface area (Å²) in [5.74, 6) is 0.157. The Hall–Kier alpha value is -1.03. The molecule has 0 fully saturated rings. The van der Waals surface area contributed by atoms with E-state index in [4.69, 9.17) is 5.73 Å². The molecule has 0 aliphatic rings. The molecule has 3 nitrogen and oxygen atoms in total. The maximum Gasteiger partial charge on any atom is 0.0755 e. The smallest absolute Gasteiger partial charge is 0.0755 e. The molecule has 1 heterocycles. The van der Waals surface area contributed by atoms with Crippen LogP contribution in [-0.4, -0.2) is 16.2 Å². The van der Waals surface area contributed by atoms with Crippen molar-refractivity contribution in [2.24, 2.45) is 11.7 Å². The Morgan fingerprint density at radius 1 is 1.24 bits per heavy atom. The van der Waals surface area contributed by atoms with Crippen molar-refractivity contribution in [3.05, 3.63) is 36.0 Å². The van der Waals surface area contributed by atoms with Gasteiger partial charge in [-0.3, -0.25) is 0 Å². The molecule has 0 spiro atoms. The first-order valence-corrected chi connectivity index (χ1v) is 5.61. The molecule has 0 saturated heterocycles. The van der Waals surface area contributed by atoms with Crippen LogP contribution in [0.15, 0.2) is 30.5 Å². The van der Waals surface area contributed by atoms with E-state index in [2.05, 4.69) is 4.98 Å². The van der Waals surface area contributed by atoms with Crippen molar-refractivity contribution < 1.29 is 5.11 Å². The standard InChI is InChI=1S/C13H18N2O.ClH/c1-8(2)13(16)12(14)10-4-3-5-11-9(10)6-7-15-11;/h3-8,12-13,15-16H,14H2,1-2H3;1H/t12-,13+;/m0./s1. The third kappa shape index (κ3) is 2.63. The quantitative estimate of drug-likeness (QED) is 0.789. The van der Waals surface area contributed by atoms with Crippen LogP contribution in [0, 0.1) is 5.92 Å². The maximum atomic E-state index is 10.0. The van der Waals surface area contributed by atoms with Crippen molar-refractivity contribution in [3.63, 3.8) is 0 Å². The molecule has 1 aromatic heterocycles. The minimum absolute atomic E-state index is 0. The number of aromatic amines is 1. The number of hydrogen-bond donors (Lipinski definition) is 3. The van der Waals surface area contributed by atoms with Gasteiger partial charge in [0.05, 0.1) is 12.1 Å². The van der Waals surface area contributed by atoms with Crippen molar-refractivity contribution in [2.45, 2.75) is 26.0 Å². The van der Waals surface area contributed by atoms with Gasteiger partial charge in [-0.05, 0) is 23.6 Å². The summed E-state index contributed by atoms with van der Waals surface area (Å²) in [6.45, 7) is 3.95. The second-order valence-corrected chi connectivity index (χ2v) is 4.55. The molecule has 0 bridgehead atoms. The number of nitrogens with two attached hydrogens (primary N) is 1. The lowest BCUT2D eigenvalue weighted by Crippen LogP contribution is -2.30. The van der Waals surface area contributed by atoms with Crippen LogP contribution in [0.1, 0.15) is 25.5 Å². The van der Waals surface area contributed by atoms with Gasteiger partial charge in [0, 0.05) is 17.1 Å². The number of aliphatic hydroxyl groups excluding tert-OH is 1. The zero-order chi connectivity index (χ0) is 11.7. The highest BCUT2D eigenvalue weighted by Crippen LogP contribution is 2.26. The second-order valence-electron chi connectivity index (χ2n) is 4.55. The molecule has 4 N–H and O–H groups in total. The number of halogens is 1. The molecule has 1 aromatic carbocycles. The SMILES string of the molecule is CC(C)[C@@H](O)[C@@H](N)c1cccc2[nH]ccc12.Cl. The number of nitrogens with one attached hydrogen (secondary N) is 1. The van der Waals surface area contributed by atoms with Crippen molar-refractivity contribution in [2.75, 3.05) is 0 Å². The van der Waals surface area contributed by atoms with Gasteiger partial charge in [0.25, 0.3) is 0 Å². The normalized spacial score (nSPS) is 14.6. The first-order chi connectivity index (χ1) is 7.61. The Kier molecular flexibility index (Phi) is 4.57. The van der Waals surface area contributed by atoms with Gasteiger partial charge in [0.15, 0.2) is 0 Å². The van der Waals surface area contributed by atoms with Crippen LogP contribution >= 0.6 is 12.4 Å². The van der Waals surface area contributed by atoms with E-state index in [0.29, 0.717) is 0 Å². The lowest BCUT2D eigenvalue weighted by Gasteiger charge is -2.23. The minimum Gasteiger partial charge on any atom is -0.391 e. The highest BCUT2D eigenvalue weighted by molar-refractivity contribution is 5.85. The zero-order valence-electron chi connectivity index (χ0n) is 10.1. The fourth-order valence-corrected chi connectivity index (χ4v) is 2.00. The van der Waals surface area contributed by atoms with E-state index in [1.807, 2.05) is 44.3 Å². The summed E-state index contributed by atoms with van der Waals surface area (Å²) in [6.07, 6.45) is 1.38. The van der Waals surface area contributed by atoms with E-state index in [1.54, 1.807) is 0 Å². The van der Waals surface area contributed by atoms with Crippen molar-refractivity contribution >= 4 is 23.3 Å². The van der Waals surface area contributed by atoms with Crippen LogP contribution in [0.25, 0.3) is 10.9 Å². The Labute approximate surface area is 107 Å². The highest BCUT2D eigenvalue weighted by Gasteiger charge is 2.21. The number of aliphatic hydroxyl groups is 1. The molecule has 0 unspecified atom stereocenters. The fourth-order valence-electron chi connectivity index (χ4n) is 2.00. The Bertz CT molecular complexity index is 481. The molecule has 17 heavy (non-hydrogen) atoms. The predicted octanol–water partition coefficient (Wildman–Crippen LogP) is 2.61. The lowest BCUT2D eigenvalue weighted by molar-refractivity contribution is 0.0984. The average Bonchev–Trinajstić information content (AvgIpc) is 2.74. The van der Waals surface area contributed by atoms with Crippen molar-refractivity contribution in [3.8, 4) is 0 Å². The van der Waals surface area contributed by atoms with Crippen LogP contribution in [-0.2, 0) is 0 Å². The number of benzene rings is 1. The van der Waals surface area contributed by atoms with Gasteiger partial charge < -0.3 is 15.8 Å². The van der Waals surface area contributed by atoms with E-state index >= 15 is 0 Å². The first kappa shape index (κ1) is 14.0. The molecule has 0 saturated carbocycles. The molecule has 2 atom stereocenters. The number of rotatable bonds is 3. The minimum atomic E-state index is -0.513. The summed E-state index contributed by atoms with van der Waals surface area (Å²) >= 11 is 0. The summed E-state index contributed by atoms with van der Waals surface area (Å²) < 4.78 is 0. The predicted molar refractivity (Wildman–Crippen MR) is 73.3 cm³/mol. The zero-order valence-corrected chi connectivity index (χ0v) is 10.9.